The van der Waals surface area contributed by atoms with E-state index in [4.69, 9.17) is 4.74 Å². The molecule has 0 saturated heterocycles. The summed E-state index contributed by atoms with van der Waals surface area (Å²) in [5.74, 6) is 0.0175. The molecule has 2 amide bonds. The molecule has 0 fully saturated rings. The maximum atomic E-state index is 12.2. The Labute approximate surface area is 130 Å². The summed E-state index contributed by atoms with van der Waals surface area (Å²) in [5, 5.41) is 5.42. The third kappa shape index (κ3) is 3.30. The molecule has 0 aromatic heterocycles. The number of carbonyl (C=O) groups excluding carboxylic acids is 2. The van der Waals surface area contributed by atoms with Crippen molar-refractivity contribution in [3.05, 3.63) is 46.7 Å². The standard InChI is InChI=1S/C17H22N2O3/c1-5-22-16(20)14-11(4)18-17(21)19-15(14)13-8-6-12(7-9-13)10(2)3/h6-10,15H,5H2,1-4H3,(H2,18,19,21)/t15-/m0/s1. The third-order valence-corrected chi connectivity index (χ3v) is 3.70. The molecule has 0 bridgehead atoms. The highest BCUT2D eigenvalue weighted by atomic mass is 16.5. The largest absolute Gasteiger partial charge is 0.463 e. The number of hydrogen-bond acceptors (Lipinski definition) is 3. The number of esters is 1. The SMILES string of the molecule is CCOC(=O)C1=C(C)NC(=O)N[C@H]1c1ccc(C(C)C)cc1. The molecule has 1 aliphatic heterocycles. The van der Waals surface area contributed by atoms with E-state index in [0.29, 0.717) is 23.8 Å². The van der Waals surface area contributed by atoms with Gasteiger partial charge in [0.05, 0.1) is 18.2 Å². The molecule has 5 nitrogen and oxygen atoms in total. The molecule has 2 N–H and O–H groups in total. The van der Waals surface area contributed by atoms with Gasteiger partial charge in [-0.15, -0.1) is 0 Å². The van der Waals surface area contributed by atoms with Gasteiger partial charge in [-0.25, -0.2) is 9.59 Å². The van der Waals surface area contributed by atoms with Crippen molar-refractivity contribution < 1.29 is 14.3 Å². The normalized spacial score (nSPS) is 18.0. The molecule has 0 radical (unpaired) electrons. The van der Waals surface area contributed by atoms with E-state index in [0.717, 1.165) is 5.56 Å². The summed E-state index contributed by atoms with van der Waals surface area (Å²) in [5.41, 5.74) is 3.04. The summed E-state index contributed by atoms with van der Waals surface area (Å²) in [4.78, 5) is 24.0. The lowest BCUT2D eigenvalue weighted by Gasteiger charge is -2.28. The molecule has 22 heavy (non-hydrogen) atoms. The van der Waals surface area contributed by atoms with Crippen molar-refractivity contribution in [3.63, 3.8) is 0 Å². The lowest BCUT2D eigenvalue weighted by atomic mass is 9.93. The molecule has 1 heterocycles. The van der Waals surface area contributed by atoms with Crippen LogP contribution in [0.15, 0.2) is 35.5 Å². The van der Waals surface area contributed by atoms with Gasteiger partial charge >= 0.3 is 12.0 Å². The van der Waals surface area contributed by atoms with Crippen molar-refractivity contribution in [3.8, 4) is 0 Å². The third-order valence-electron chi connectivity index (χ3n) is 3.70. The molecule has 0 spiro atoms. The number of ether oxygens (including phenoxy) is 1. The Kier molecular flexibility index (Phi) is 4.85. The zero-order chi connectivity index (χ0) is 16.3. The summed E-state index contributed by atoms with van der Waals surface area (Å²) in [6.07, 6.45) is 0. The summed E-state index contributed by atoms with van der Waals surface area (Å²) in [6.45, 7) is 8.00. The highest BCUT2D eigenvalue weighted by molar-refractivity contribution is 5.95. The van der Waals surface area contributed by atoms with Crippen LogP contribution < -0.4 is 10.6 Å². The maximum Gasteiger partial charge on any atom is 0.338 e. The van der Waals surface area contributed by atoms with Crippen LogP contribution in [0.5, 0.6) is 0 Å². The topological polar surface area (TPSA) is 67.4 Å². The zero-order valence-electron chi connectivity index (χ0n) is 13.4. The van der Waals surface area contributed by atoms with Gasteiger partial charge in [-0.1, -0.05) is 38.1 Å². The first-order valence-electron chi connectivity index (χ1n) is 7.49. The lowest BCUT2D eigenvalue weighted by Crippen LogP contribution is -2.45. The van der Waals surface area contributed by atoms with Gasteiger partial charge in [0.25, 0.3) is 0 Å². The molecular formula is C17H22N2O3. The molecule has 1 aromatic rings. The fourth-order valence-electron chi connectivity index (χ4n) is 2.50. The van der Waals surface area contributed by atoms with E-state index in [1.807, 2.05) is 24.3 Å². The minimum atomic E-state index is -0.492. The molecule has 1 atom stereocenters. The lowest BCUT2D eigenvalue weighted by molar-refractivity contribution is -0.139. The summed E-state index contributed by atoms with van der Waals surface area (Å²) >= 11 is 0. The van der Waals surface area contributed by atoms with E-state index >= 15 is 0 Å². The van der Waals surface area contributed by atoms with Crippen molar-refractivity contribution >= 4 is 12.0 Å². The Bertz CT molecular complexity index is 603. The smallest absolute Gasteiger partial charge is 0.338 e. The summed E-state index contributed by atoms with van der Waals surface area (Å²) in [6, 6.07) is 7.12. The molecule has 1 aliphatic rings. The Hall–Kier alpha value is -2.30. The molecule has 118 valence electrons. The van der Waals surface area contributed by atoms with Gasteiger partial charge in [-0.2, -0.15) is 0 Å². The van der Waals surface area contributed by atoms with E-state index in [1.54, 1.807) is 13.8 Å². The Morgan fingerprint density at radius 1 is 1.27 bits per heavy atom. The molecule has 0 unspecified atom stereocenters. The van der Waals surface area contributed by atoms with Crippen molar-refractivity contribution in [2.24, 2.45) is 0 Å². The van der Waals surface area contributed by atoms with Crippen molar-refractivity contribution in [1.82, 2.24) is 10.6 Å². The van der Waals surface area contributed by atoms with Gasteiger partial charge in [-0.05, 0) is 30.9 Å². The van der Waals surface area contributed by atoms with Gasteiger partial charge < -0.3 is 15.4 Å². The number of carbonyl (C=O) groups is 2. The second-order valence-electron chi connectivity index (χ2n) is 5.61. The predicted molar refractivity (Wildman–Crippen MR) is 84.3 cm³/mol. The molecule has 0 aliphatic carbocycles. The van der Waals surface area contributed by atoms with Crippen LogP contribution in [0.4, 0.5) is 4.79 Å². The first-order valence-corrected chi connectivity index (χ1v) is 7.49. The molecule has 5 heteroatoms. The van der Waals surface area contributed by atoms with Crippen LogP contribution in [0.1, 0.15) is 50.8 Å². The number of rotatable bonds is 4. The number of urea groups is 1. The average molecular weight is 302 g/mol. The first-order chi connectivity index (χ1) is 10.4. The monoisotopic (exact) mass is 302 g/mol. The zero-order valence-corrected chi connectivity index (χ0v) is 13.4. The minimum absolute atomic E-state index is 0.294. The highest BCUT2D eigenvalue weighted by Gasteiger charge is 2.31. The number of amides is 2. The number of benzene rings is 1. The number of allylic oxidation sites excluding steroid dienone is 1. The van der Waals surface area contributed by atoms with E-state index in [1.165, 1.54) is 5.56 Å². The van der Waals surface area contributed by atoms with Gasteiger partial charge in [0.15, 0.2) is 0 Å². The van der Waals surface area contributed by atoms with Gasteiger partial charge in [0, 0.05) is 5.70 Å². The van der Waals surface area contributed by atoms with Crippen LogP contribution >= 0.6 is 0 Å². The van der Waals surface area contributed by atoms with E-state index in [2.05, 4.69) is 24.5 Å². The predicted octanol–water partition coefficient (Wildman–Crippen LogP) is 3.00. The highest BCUT2D eigenvalue weighted by Crippen LogP contribution is 2.28. The van der Waals surface area contributed by atoms with E-state index < -0.39 is 12.0 Å². The second-order valence-corrected chi connectivity index (χ2v) is 5.61. The fourth-order valence-corrected chi connectivity index (χ4v) is 2.50. The fraction of sp³-hybridized carbons (Fsp3) is 0.412. The number of hydrogen-bond donors (Lipinski definition) is 2. The molecule has 2 rings (SSSR count). The van der Waals surface area contributed by atoms with E-state index in [-0.39, 0.29) is 6.03 Å². The van der Waals surface area contributed by atoms with Crippen LogP contribution in [0, 0.1) is 0 Å². The Morgan fingerprint density at radius 3 is 2.45 bits per heavy atom. The molecule has 0 saturated carbocycles. The van der Waals surface area contributed by atoms with Crippen molar-refractivity contribution in [1.29, 1.82) is 0 Å². The second kappa shape index (κ2) is 6.64. The number of nitrogens with one attached hydrogen (secondary N) is 2. The Balaban J connectivity index is 2.38. The molecule has 1 aromatic carbocycles. The van der Waals surface area contributed by atoms with Crippen molar-refractivity contribution in [2.45, 2.75) is 39.7 Å². The average Bonchev–Trinajstić information content (AvgIpc) is 2.46. The maximum absolute atomic E-state index is 12.2. The van der Waals surface area contributed by atoms with Crippen LogP contribution in [-0.4, -0.2) is 18.6 Å². The van der Waals surface area contributed by atoms with Gasteiger partial charge in [-0.3, -0.25) is 0 Å². The minimum Gasteiger partial charge on any atom is -0.463 e. The van der Waals surface area contributed by atoms with Gasteiger partial charge in [0.1, 0.15) is 0 Å². The Morgan fingerprint density at radius 2 is 1.91 bits per heavy atom. The first kappa shape index (κ1) is 16.1. The van der Waals surface area contributed by atoms with Crippen molar-refractivity contribution in [2.75, 3.05) is 6.61 Å². The van der Waals surface area contributed by atoms with Crippen LogP contribution in [0.3, 0.4) is 0 Å². The van der Waals surface area contributed by atoms with Gasteiger partial charge in [0.2, 0.25) is 0 Å². The molecular weight excluding hydrogens is 280 g/mol. The quantitative estimate of drug-likeness (QED) is 0.840. The summed E-state index contributed by atoms with van der Waals surface area (Å²) < 4.78 is 5.11. The van der Waals surface area contributed by atoms with Crippen LogP contribution in [0.2, 0.25) is 0 Å². The van der Waals surface area contributed by atoms with Crippen LogP contribution in [-0.2, 0) is 9.53 Å². The summed E-state index contributed by atoms with van der Waals surface area (Å²) in [7, 11) is 0. The van der Waals surface area contributed by atoms with Crippen LogP contribution in [0.25, 0.3) is 0 Å². The van der Waals surface area contributed by atoms with E-state index in [9.17, 15) is 9.59 Å².